The van der Waals surface area contributed by atoms with Crippen LogP contribution in [0.2, 0.25) is 0 Å². The Morgan fingerprint density at radius 1 is 0.535 bits per heavy atom. The predicted octanol–water partition coefficient (Wildman–Crippen LogP) is 0.391. The van der Waals surface area contributed by atoms with Gasteiger partial charge in [0.05, 0.1) is 113 Å². The summed E-state index contributed by atoms with van der Waals surface area (Å²) in [6.07, 6.45) is 3.41. The van der Waals surface area contributed by atoms with Gasteiger partial charge < -0.3 is 60.8 Å². The lowest BCUT2D eigenvalue weighted by Gasteiger charge is -2.33. The molecule has 4 fully saturated rings. The molecule has 2 aromatic heterocycles. The van der Waals surface area contributed by atoms with Crippen LogP contribution in [-0.2, 0) is 38.4 Å². The number of hydrogen-bond donors (Lipinski definition) is 7. The molecule has 7 amide bonds. The number of carbonyl (C=O) groups is 10. The van der Waals surface area contributed by atoms with E-state index in [1.807, 2.05) is 4.90 Å². The van der Waals surface area contributed by atoms with E-state index >= 15 is 0 Å². The Balaban J connectivity index is 0.846. The normalized spacial score (nSPS) is 19.2. The van der Waals surface area contributed by atoms with Gasteiger partial charge in [-0.3, -0.25) is 82.4 Å². The number of rotatable bonds is 31. The number of hydrogen-bond acceptors (Lipinski definition) is 21. The second-order valence-electron chi connectivity index (χ2n) is 25.2. The molecule has 0 spiro atoms. The Labute approximate surface area is 578 Å². The number of carboxylic acid groups (broad SMARTS) is 3. The highest BCUT2D eigenvalue weighted by Gasteiger charge is 2.48. The quantitative estimate of drug-likeness (QED) is 0.0265. The summed E-state index contributed by atoms with van der Waals surface area (Å²) < 4.78 is 68.0. The maximum atomic E-state index is 14.2. The summed E-state index contributed by atoms with van der Waals surface area (Å²) in [5.74, 6) is -13.1. The molecule has 544 valence electrons. The van der Waals surface area contributed by atoms with Crippen LogP contribution in [0.5, 0.6) is 11.5 Å². The van der Waals surface area contributed by atoms with Gasteiger partial charge in [0.15, 0.2) is 0 Å². The Kier molecular flexibility index (Phi) is 27.7. The molecule has 31 nitrogen and oxygen atoms in total. The molecule has 3 atom stereocenters. The lowest BCUT2D eigenvalue weighted by atomic mass is 10.1. The fourth-order valence-corrected chi connectivity index (χ4v) is 12.3. The highest BCUT2D eigenvalue weighted by atomic mass is 19.3. The van der Waals surface area contributed by atoms with E-state index in [-0.39, 0.29) is 148 Å². The first-order chi connectivity index (χ1) is 48.2. The van der Waals surface area contributed by atoms with Crippen molar-refractivity contribution in [2.24, 2.45) is 0 Å². The van der Waals surface area contributed by atoms with Gasteiger partial charge in [0.2, 0.25) is 29.5 Å². The molecule has 101 heavy (non-hydrogen) atoms. The third-order valence-corrected chi connectivity index (χ3v) is 17.6. The highest BCUT2D eigenvalue weighted by molar-refractivity contribution is 6.08. The van der Waals surface area contributed by atoms with E-state index in [0.717, 1.165) is 9.80 Å². The number of likely N-dealkylation sites (tertiary alicyclic amines) is 3. The van der Waals surface area contributed by atoms with E-state index < -0.39 is 122 Å². The Bertz CT molecular complexity index is 3540. The van der Waals surface area contributed by atoms with Gasteiger partial charge in [0.1, 0.15) is 23.6 Å². The van der Waals surface area contributed by atoms with Crippen molar-refractivity contribution < 1.29 is 90.3 Å². The lowest BCUT2D eigenvalue weighted by molar-refractivity contribution is -0.140. The van der Waals surface area contributed by atoms with Gasteiger partial charge in [0.25, 0.3) is 23.7 Å². The van der Waals surface area contributed by atoms with E-state index in [4.69, 9.17) is 9.47 Å². The number of amides is 7. The van der Waals surface area contributed by atoms with Gasteiger partial charge >= 0.3 is 17.9 Å². The SMILES string of the molecule is N#C[C@@H]1CC(F)(F)CN1C(=O)CNC(=O)c1ccnc2ccc(OCCCCNC(=O)CN(CC(=O)NCCCCOc3ccc4nccc(C(=O)NCC(=O)N5CC(F)(F)C[C@H]5C#N)c4c3)[C@H]3CCN(C(=O)CN4CCN(CC(=O)O)CCN(CC(=O)O)CCN(CC(=O)O)CC4)C3)cc12. The summed E-state index contributed by atoms with van der Waals surface area (Å²) in [5, 5.41) is 59.1. The van der Waals surface area contributed by atoms with E-state index in [1.165, 1.54) is 24.5 Å². The van der Waals surface area contributed by atoms with Crippen molar-refractivity contribution in [1.29, 1.82) is 10.5 Å². The molecule has 0 unspecified atom stereocenters. The summed E-state index contributed by atoms with van der Waals surface area (Å²) in [6.45, 7) is -1.87. The minimum absolute atomic E-state index is 0.118. The standard InChI is InChI=1S/C66H82F4N16O15/c67-65(68)29-45(31-71)85(42-65)57(89)33-77-63(98)49-9-14-73-53-7-5-47(27-51(49)53)100-25-3-1-12-75-55(87)36-84(44-11-16-83(35-44)59(91)38-79-17-19-80(39-60(92)93)21-23-82(41-62(96)97)24-22-81(20-18-79)40-61(94)95)37-56(88)76-13-2-4-26-101-48-6-8-54-52(28-48)50(10-15-74-54)64(99)78-34-58(90)86-43-66(69,70)30-46(86)32-72/h5-10,14-15,27-28,44-46H,1-4,11-13,16-26,29-30,33-43H2,(H,75,87)(H,76,88)(H,77,98)(H,78,99)(H,92,93)(H,94,95)(H,96,97)/t44-,45-,46-/m0/s1. The van der Waals surface area contributed by atoms with Crippen LogP contribution < -0.4 is 30.7 Å². The Morgan fingerprint density at radius 3 is 1.32 bits per heavy atom. The number of carboxylic acids is 3. The lowest BCUT2D eigenvalue weighted by Crippen LogP contribution is -2.51. The first kappa shape index (κ1) is 76.8. The van der Waals surface area contributed by atoms with Crippen molar-refractivity contribution in [2.75, 3.05) is 157 Å². The fourth-order valence-electron chi connectivity index (χ4n) is 12.3. The first-order valence-electron chi connectivity index (χ1n) is 33.1. The number of aromatic nitrogens is 2. The van der Waals surface area contributed by atoms with E-state index in [2.05, 4.69) is 31.2 Å². The number of nitriles is 2. The third kappa shape index (κ3) is 23.3. The second kappa shape index (κ2) is 36.4. The van der Waals surface area contributed by atoms with Crippen LogP contribution in [-0.4, -0.2) is 311 Å². The molecule has 7 N–H and O–H groups in total. The average Bonchev–Trinajstić information content (AvgIpc) is 1.76. The average molecular weight is 1420 g/mol. The minimum atomic E-state index is -3.22. The van der Waals surface area contributed by atoms with Crippen molar-refractivity contribution in [2.45, 2.75) is 74.9 Å². The van der Waals surface area contributed by atoms with Gasteiger partial charge in [-0.15, -0.1) is 0 Å². The smallest absolute Gasteiger partial charge is 0.317 e. The molecular weight excluding hydrogens is 1330 g/mol. The highest BCUT2D eigenvalue weighted by Crippen LogP contribution is 2.33. The van der Waals surface area contributed by atoms with Gasteiger partial charge in [-0.05, 0) is 80.6 Å². The molecule has 4 saturated heterocycles. The fraction of sp³-hybridized carbons (Fsp3) is 0.545. The number of unbranched alkanes of at least 4 members (excludes halogenated alkanes) is 2. The molecule has 2 aromatic carbocycles. The Hall–Kier alpha value is -9.94. The zero-order chi connectivity index (χ0) is 72.8. The maximum Gasteiger partial charge on any atom is 0.317 e. The van der Waals surface area contributed by atoms with Crippen LogP contribution >= 0.6 is 0 Å². The van der Waals surface area contributed by atoms with Gasteiger partial charge in [-0.2, -0.15) is 10.5 Å². The number of aliphatic carboxylic acids is 3. The van der Waals surface area contributed by atoms with Crippen LogP contribution in [0.4, 0.5) is 17.6 Å². The summed E-state index contributed by atoms with van der Waals surface area (Å²) in [7, 11) is 0. The number of carbonyl (C=O) groups excluding carboxylic acids is 7. The van der Waals surface area contributed by atoms with Crippen LogP contribution in [0, 0.1) is 22.7 Å². The molecular formula is C66H82F4N16O15. The number of fused-ring (bicyclic) bond motifs is 2. The molecule has 4 aliphatic heterocycles. The van der Waals surface area contributed by atoms with E-state index in [0.29, 0.717) is 65.4 Å². The van der Waals surface area contributed by atoms with Gasteiger partial charge in [-0.1, -0.05) is 0 Å². The summed E-state index contributed by atoms with van der Waals surface area (Å²) in [4.78, 5) is 150. The van der Waals surface area contributed by atoms with Crippen LogP contribution in [0.1, 0.15) is 65.7 Å². The number of halogens is 4. The van der Waals surface area contributed by atoms with Crippen LogP contribution in [0.15, 0.2) is 60.9 Å². The summed E-state index contributed by atoms with van der Waals surface area (Å²) >= 11 is 0. The van der Waals surface area contributed by atoms with Gasteiger partial charge in [0, 0.05) is 121 Å². The first-order valence-corrected chi connectivity index (χ1v) is 33.1. The molecule has 8 rings (SSSR count). The number of nitrogens with zero attached hydrogens (tertiary/aromatic N) is 12. The molecule has 0 saturated carbocycles. The molecule has 0 bridgehead atoms. The Morgan fingerprint density at radius 2 is 0.931 bits per heavy atom. The summed E-state index contributed by atoms with van der Waals surface area (Å²) in [5.41, 5.74) is 1.12. The van der Waals surface area contributed by atoms with Crippen LogP contribution in [0.25, 0.3) is 21.8 Å². The molecule has 35 heteroatoms. The zero-order valence-corrected chi connectivity index (χ0v) is 55.5. The molecule has 4 aromatic rings. The van der Waals surface area contributed by atoms with Gasteiger partial charge in [-0.25, -0.2) is 17.6 Å². The number of pyridine rings is 2. The number of nitrogens with one attached hydrogen (secondary N) is 4. The van der Waals surface area contributed by atoms with Crippen molar-refractivity contribution >= 4 is 81.1 Å². The third-order valence-electron chi connectivity index (χ3n) is 17.6. The number of alkyl halides is 4. The van der Waals surface area contributed by atoms with E-state index in [1.54, 1.807) is 73.0 Å². The van der Waals surface area contributed by atoms with E-state index in [9.17, 15) is 91.4 Å². The summed E-state index contributed by atoms with van der Waals surface area (Å²) in [6, 6.07) is 12.9. The molecule has 6 heterocycles. The molecule has 4 aliphatic rings. The molecule has 0 aliphatic carbocycles. The van der Waals surface area contributed by atoms with Crippen molar-refractivity contribution in [1.82, 2.24) is 70.4 Å². The predicted molar refractivity (Wildman–Crippen MR) is 350 cm³/mol. The van der Waals surface area contributed by atoms with Crippen LogP contribution in [0.3, 0.4) is 0 Å². The van der Waals surface area contributed by atoms with Crippen molar-refractivity contribution in [3.8, 4) is 23.6 Å². The topological polar surface area (TPSA) is 397 Å². The monoisotopic (exact) mass is 1410 g/mol. The number of ether oxygens (including phenoxy) is 2. The largest absolute Gasteiger partial charge is 0.494 e. The maximum absolute atomic E-state index is 14.2. The minimum Gasteiger partial charge on any atom is -0.494 e. The zero-order valence-electron chi connectivity index (χ0n) is 55.5. The second-order valence-corrected chi connectivity index (χ2v) is 25.2. The molecule has 0 radical (unpaired) electrons. The number of benzene rings is 2. The van der Waals surface area contributed by atoms with Crippen molar-refractivity contribution in [3.05, 3.63) is 72.1 Å². The van der Waals surface area contributed by atoms with Crippen molar-refractivity contribution in [3.63, 3.8) is 0 Å².